The summed E-state index contributed by atoms with van der Waals surface area (Å²) in [4.78, 5) is 4.03. The van der Waals surface area contributed by atoms with Crippen LogP contribution in [0.5, 0.6) is 0 Å². The number of anilines is 1. The van der Waals surface area contributed by atoms with Crippen molar-refractivity contribution in [3.05, 3.63) is 42.0 Å². The van der Waals surface area contributed by atoms with Crippen LogP contribution in [0.25, 0.3) is 5.47 Å². The minimum absolute atomic E-state index is 0.574. The summed E-state index contributed by atoms with van der Waals surface area (Å²) in [7, 11) is 1.01. The third kappa shape index (κ3) is 1.26. The molecule has 2 nitrogen and oxygen atoms in total. The van der Waals surface area contributed by atoms with E-state index in [0.29, 0.717) is 5.82 Å². The van der Waals surface area contributed by atoms with Crippen LogP contribution >= 0.6 is 0 Å². The third-order valence-electron chi connectivity index (χ3n) is 1.93. The van der Waals surface area contributed by atoms with E-state index in [1.54, 1.807) is 0 Å². The van der Waals surface area contributed by atoms with Gasteiger partial charge in [0.25, 0.3) is 0 Å². The van der Waals surface area contributed by atoms with E-state index >= 15 is 0 Å². The molecule has 2 heterocycles. The van der Waals surface area contributed by atoms with Crippen LogP contribution in [0.3, 0.4) is 0 Å². The molecule has 2 N–H and O–H groups in total. The quantitative estimate of drug-likeness (QED) is 0.615. The molecule has 0 aromatic carbocycles. The molecule has 0 atom stereocenters. The largest absolute Gasteiger partial charge is 0.384 e. The number of rotatable bonds is 1. The van der Waals surface area contributed by atoms with Crippen molar-refractivity contribution in [2.24, 2.45) is 0 Å². The Morgan fingerprint density at radius 2 is 2.25 bits per heavy atom. The molecule has 2 rings (SSSR count). The monoisotopic (exact) mass is 156 g/mol. The van der Waals surface area contributed by atoms with E-state index in [2.05, 4.69) is 23.1 Å². The molecule has 0 radical (unpaired) electrons. The minimum Gasteiger partial charge on any atom is -0.384 e. The molecule has 0 bridgehead atoms. The number of aromatic nitrogens is 1. The predicted octanol–water partition coefficient (Wildman–Crippen LogP) is 0.968. The highest BCUT2D eigenvalue weighted by molar-refractivity contribution is 6.66. The highest BCUT2D eigenvalue weighted by Crippen LogP contribution is 2.16. The first kappa shape index (κ1) is 7.16. The fourth-order valence-corrected chi connectivity index (χ4v) is 1.26. The highest BCUT2D eigenvalue weighted by atomic mass is 14.8. The summed E-state index contributed by atoms with van der Waals surface area (Å²) in [5, 5.41) is 0. The zero-order chi connectivity index (χ0) is 8.39. The summed E-state index contributed by atoms with van der Waals surface area (Å²) in [6.45, 7) is 0. The first-order valence-electron chi connectivity index (χ1n) is 3.94. The molecular weight excluding hydrogens is 147 g/mol. The van der Waals surface area contributed by atoms with Crippen LogP contribution in [0.15, 0.2) is 36.5 Å². The van der Waals surface area contributed by atoms with E-state index in [1.807, 2.05) is 18.3 Å². The van der Waals surface area contributed by atoms with Gasteiger partial charge in [0.15, 0.2) is 7.28 Å². The Hall–Kier alpha value is -1.51. The van der Waals surface area contributed by atoms with Gasteiger partial charge in [0.2, 0.25) is 0 Å². The number of nitrogens with zero attached hydrogens (tertiary/aromatic N) is 1. The van der Waals surface area contributed by atoms with Gasteiger partial charge in [-0.15, -0.1) is 5.98 Å². The lowest BCUT2D eigenvalue weighted by atomic mass is 9.70. The number of nitrogen functional groups attached to an aromatic ring is 1. The molecule has 0 saturated carbocycles. The standard InChI is InChI=1S/C9H9BN2/c11-9-4-3-7(6-12-9)8-2-1-5-10-8/h1-6,10H,(H2,11,12). The lowest BCUT2D eigenvalue weighted by molar-refractivity contribution is 1.32. The second-order valence-electron chi connectivity index (χ2n) is 2.80. The van der Waals surface area contributed by atoms with Crippen LogP contribution in [0, 0.1) is 0 Å². The minimum atomic E-state index is 0.574. The second-order valence-corrected chi connectivity index (χ2v) is 2.80. The molecule has 0 aliphatic carbocycles. The van der Waals surface area contributed by atoms with Gasteiger partial charge < -0.3 is 5.73 Å². The molecule has 0 saturated heterocycles. The van der Waals surface area contributed by atoms with E-state index in [9.17, 15) is 0 Å². The van der Waals surface area contributed by atoms with E-state index in [4.69, 9.17) is 5.73 Å². The molecule has 0 unspecified atom stereocenters. The topological polar surface area (TPSA) is 38.9 Å². The number of pyridine rings is 1. The van der Waals surface area contributed by atoms with Gasteiger partial charge in [-0.05, 0) is 11.6 Å². The Morgan fingerprint density at radius 3 is 2.83 bits per heavy atom. The molecule has 1 aliphatic rings. The van der Waals surface area contributed by atoms with Crippen LogP contribution in [0.1, 0.15) is 5.56 Å². The summed E-state index contributed by atoms with van der Waals surface area (Å²) in [6, 6.07) is 3.83. The van der Waals surface area contributed by atoms with E-state index in [1.165, 1.54) is 5.47 Å². The summed E-state index contributed by atoms with van der Waals surface area (Å²) < 4.78 is 0. The van der Waals surface area contributed by atoms with Gasteiger partial charge in [-0.1, -0.05) is 23.7 Å². The zero-order valence-corrected chi connectivity index (χ0v) is 6.70. The third-order valence-corrected chi connectivity index (χ3v) is 1.93. The molecule has 58 valence electrons. The van der Waals surface area contributed by atoms with Gasteiger partial charge in [-0.3, -0.25) is 0 Å². The van der Waals surface area contributed by atoms with Crippen molar-refractivity contribution < 1.29 is 0 Å². The fourth-order valence-electron chi connectivity index (χ4n) is 1.26. The SMILES string of the molecule is Nc1ccc(C2=CC=CB2)cn1. The average molecular weight is 156 g/mol. The van der Waals surface area contributed by atoms with Crippen molar-refractivity contribution in [1.29, 1.82) is 0 Å². The molecule has 12 heavy (non-hydrogen) atoms. The van der Waals surface area contributed by atoms with E-state index in [-0.39, 0.29) is 0 Å². The van der Waals surface area contributed by atoms with Crippen LogP contribution in [-0.2, 0) is 0 Å². The van der Waals surface area contributed by atoms with Crippen molar-refractivity contribution in [3.8, 4) is 0 Å². The molecule has 0 fully saturated rings. The van der Waals surface area contributed by atoms with Gasteiger partial charge in [-0.25, -0.2) is 4.98 Å². The molecular formula is C9H9BN2. The Morgan fingerprint density at radius 1 is 1.33 bits per heavy atom. The van der Waals surface area contributed by atoms with E-state index < -0.39 is 0 Å². The average Bonchev–Trinajstić information content (AvgIpc) is 2.58. The number of hydrogen-bond acceptors (Lipinski definition) is 2. The molecule has 3 heteroatoms. The summed E-state index contributed by atoms with van der Waals surface area (Å²) in [5.74, 6) is 2.71. The zero-order valence-electron chi connectivity index (χ0n) is 6.70. The van der Waals surface area contributed by atoms with Crippen LogP contribution in [-0.4, -0.2) is 12.3 Å². The van der Waals surface area contributed by atoms with Crippen molar-refractivity contribution in [1.82, 2.24) is 4.98 Å². The first-order chi connectivity index (χ1) is 5.86. The number of allylic oxidation sites excluding steroid dienone is 2. The fraction of sp³-hybridized carbons (Fsp3) is 0. The maximum absolute atomic E-state index is 5.48. The molecule has 0 amide bonds. The lowest BCUT2D eigenvalue weighted by Crippen LogP contribution is -1.93. The smallest absolute Gasteiger partial charge is 0.183 e. The summed E-state index contributed by atoms with van der Waals surface area (Å²) in [5.41, 5.74) is 7.95. The van der Waals surface area contributed by atoms with Crippen molar-refractivity contribution >= 4 is 18.6 Å². The maximum atomic E-state index is 5.48. The lowest BCUT2D eigenvalue weighted by Gasteiger charge is -2.00. The molecule has 1 aliphatic heterocycles. The maximum Gasteiger partial charge on any atom is 0.183 e. The first-order valence-corrected chi connectivity index (χ1v) is 3.94. The second kappa shape index (κ2) is 2.85. The van der Waals surface area contributed by atoms with Crippen LogP contribution in [0.2, 0.25) is 0 Å². The number of hydrogen-bond donors (Lipinski definition) is 1. The van der Waals surface area contributed by atoms with Crippen molar-refractivity contribution in [3.63, 3.8) is 0 Å². The van der Waals surface area contributed by atoms with Gasteiger partial charge in [0.05, 0.1) is 0 Å². The Labute approximate surface area is 72.1 Å². The van der Waals surface area contributed by atoms with Gasteiger partial charge >= 0.3 is 0 Å². The van der Waals surface area contributed by atoms with Gasteiger partial charge in [-0.2, -0.15) is 0 Å². The highest BCUT2D eigenvalue weighted by Gasteiger charge is 2.03. The van der Waals surface area contributed by atoms with Crippen molar-refractivity contribution in [2.45, 2.75) is 0 Å². The summed E-state index contributed by atoms with van der Waals surface area (Å²) >= 11 is 0. The van der Waals surface area contributed by atoms with Crippen LogP contribution in [0.4, 0.5) is 5.82 Å². The normalized spacial score (nSPS) is 14.2. The predicted molar refractivity (Wildman–Crippen MR) is 52.9 cm³/mol. The summed E-state index contributed by atoms with van der Waals surface area (Å²) in [6.07, 6.45) is 5.98. The molecule has 0 spiro atoms. The number of nitrogens with two attached hydrogens (primary N) is 1. The van der Waals surface area contributed by atoms with Crippen molar-refractivity contribution in [2.75, 3.05) is 5.73 Å². The Bertz CT molecular complexity index is 338. The Balaban J connectivity index is 2.30. The van der Waals surface area contributed by atoms with Crippen LogP contribution < -0.4 is 5.73 Å². The molecule has 1 aromatic heterocycles. The van der Waals surface area contributed by atoms with E-state index in [0.717, 1.165) is 12.8 Å². The van der Waals surface area contributed by atoms with Gasteiger partial charge in [0.1, 0.15) is 5.82 Å². The Kier molecular flexibility index (Phi) is 1.70. The molecule has 1 aromatic rings. The van der Waals surface area contributed by atoms with Gasteiger partial charge in [0, 0.05) is 6.20 Å².